The fraction of sp³-hybridized carbons (Fsp3) is 0.455. The minimum atomic E-state index is -0.409. The number of benzene rings is 1. The first-order valence-electron chi connectivity index (χ1n) is 4.67. The van der Waals surface area contributed by atoms with Crippen LogP contribution in [-0.2, 0) is 10.3 Å². The van der Waals surface area contributed by atoms with E-state index in [4.69, 9.17) is 10.5 Å². The van der Waals surface area contributed by atoms with Crippen molar-refractivity contribution in [1.29, 1.82) is 0 Å². The first kappa shape index (κ1) is 11.0. The van der Waals surface area contributed by atoms with Gasteiger partial charge in [-0.15, -0.1) is 0 Å². The van der Waals surface area contributed by atoms with Gasteiger partial charge in [-0.05, 0) is 37.6 Å². The minimum Gasteiger partial charge on any atom is -0.508 e. The van der Waals surface area contributed by atoms with Gasteiger partial charge in [0.15, 0.2) is 0 Å². The Morgan fingerprint density at radius 1 is 1.50 bits per heavy atom. The van der Waals surface area contributed by atoms with Gasteiger partial charge in [0.05, 0.1) is 5.60 Å². The van der Waals surface area contributed by atoms with Gasteiger partial charge < -0.3 is 15.6 Å². The maximum Gasteiger partial charge on any atom is 0.115 e. The molecule has 1 atom stereocenters. The van der Waals surface area contributed by atoms with E-state index in [-0.39, 0.29) is 5.75 Å². The van der Waals surface area contributed by atoms with E-state index in [9.17, 15) is 5.11 Å². The first-order valence-corrected chi connectivity index (χ1v) is 4.67. The Morgan fingerprint density at radius 2 is 2.21 bits per heavy atom. The second-order valence-electron chi connectivity index (χ2n) is 3.52. The van der Waals surface area contributed by atoms with Gasteiger partial charge in [0.25, 0.3) is 0 Å². The van der Waals surface area contributed by atoms with Crippen molar-refractivity contribution in [2.75, 3.05) is 13.7 Å². The normalized spacial score (nSPS) is 15.1. The number of ether oxygens (including phenoxy) is 1. The molecule has 0 aromatic heterocycles. The minimum absolute atomic E-state index is 0.253. The van der Waals surface area contributed by atoms with Crippen molar-refractivity contribution in [3.63, 3.8) is 0 Å². The summed E-state index contributed by atoms with van der Waals surface area (Å²) in [4.78, 5) is 0. The van der Waals surface area contributed by atoms with Crippen molar-refractivity contribution >= 4 is 0 Å². The predicted molar refractivity (Wildman–Crippen MR) is 56.1 cm³/mol. The lowest BCUT2D eigenvalue weighted by Crippen LogP contribution is -2.27. The van der Waals surface area contributed by atoms with Crippen LogP contribution in [0.15, 0.2) is 24.3 Å². The standard InChI is InChI=1S/C11H17NO2/c1-11(14-2,6-7-12)9-4-3-5-10(13)8-9/h3-5,8,13H,6-7,12H2,1-2H3. The van der Waals surface area contributed by atoms with Crippen LogP contribution in [0.1, 0.15) is 18.9 Å². The molecular formula is C11H17NO2. The number of nitrogens with two attached hydrogens (primary N) is 1. The third-order valence-corrected chi connectivity index (χ3v) is 2.53. The summed E-state index contributed by atoms with van der Waals surface area (Å²) in [5, 5.41) is 9.35. The van der Waals surface area contributed by atoms with Crippen LogP contribution in [0.5, 0.6) is 5.75 Å². The number of phenols is 1. The number of rotatable bonds is 4. The van der Waals surface area contributed by atoms with Gasteiger partial charge in [-0.2, -0.15) is 0 Å². The SMILES string of the molecule is COC(C)(CCN)c1cccc(O)c1. The molecule has 3 nitrogen and oxygen atoms in total. The van der Waals surface area contributed by atoms with Gasteiger partial charge in [-0.1, -0.05) is 12.1 Å². The fourth-order valence-electron chi connectivity index (χ4n) is 1.47. The number of phenolic OH excluding ortho intramolecular Hbond substituents is 1. The van der Waals surface area contributed by atoms with Crippen molar-refractivity contribution in [3.05, 3.63) is 29.8 Å². The second-order valence-corrected chi connectivity index (χ2v) is 3.52. The topological polar surface area (TPSA) is 55.5 Å². The summed E-state index contributed by atoms with van der Waals surface area (Å²) >= 11 is 0. The van der Waals surface area contributed by atoms with Crippen LogP contribution in [-0.4, -0.2) is 18.8 Å². The molecule has 3 N–H and O–H groups in total. The van der Waals surface area contributed by atoms with Gasteiger partial charge in [0.2, 0.25) is 0 Å². The van der Waals surface area contributed by atoms with Crippen LogP contribution in [0.4, 0.5) is 0 Å². The molecule has 0 heterocycles. The molecule has 3 heteroatoms. The van der Waals surface area contributed by atoms with Gasteiger partial charge in [-0.3, -0.25) is 0 Å². The zero-order chi connectivity index (χ0) is 10.6. The number of hydrogen-bond donors (Lipinski definition) is 2. The van der Waals surface area contributed by atoms with Crippen LogP contribution in [0.3, 0.4) is 0 Å². The molecule has 0 spiro atoms. The van der Waals surface area contributed by atoms with Gasteiger partial charge >= 0.3 is 0 Å². The molecule has 0 aliphatic carbocycles. The zero-order valence-electron chi connectivity index (χ0n) is 8.66. The number of methoxy groups -OCH3 is 1. The van der Waals surface area contributed by atoms with E-state index < -0.39 is 5.60 Å². The van der Waals surface area contributed by atoms with E-state index in [1.807, 2.05) is 13.0 Å². The van der Waals surface area contributed by atoms with Crippen LogP contribution in [0.25, 0.3) is 0 Å². The Balaban J connectivity index is 2.99. The molecule has 0 bridgehead atoms. The van der Waals surface area contributed by atoms with Crippen LogP contribution >= 0.6 is 0 Å². The lowest BCUT2D eigenvalue weighted by Gasteiger charge is -2.28. The van der Waals surface area contributed by atoms with Crippen molar-refractivity contribution < 1.29 is 9.84 Å². The van der Waals surface area contributed by atoms with E-state index >= 15 is 0 Å². The average molecular weight is 195 g/mol. The largest absolute Gasteiger partial charge is 0.508 e. The summed E-state index contributed by atoms with van der Waals surface area (Å²) in [7, 11) is 1.65. The molecule has 0 saturated heterocycles. The van der Waals surface area contributed by atoms with Gasteiger partial charge in [-0.25, -0.2) is 0 Å². The number of hydrogen-bond acceptors (Lipinski definition) is 3. The van der Waals surface area contributed by atoms with E-state index in [0.29, 0.717) is 6.54 Å². The van der Waals surface area contributed by atoms with E-state index in [2.05, 4.69) is 0 Å². The number of aromatic hydroxyl groups is 1. The highest BCUT2D eigenvalue weighted by molar-refractivity contribution is 5.31. The fourth-order valence-corrected chi connectivity index (χ4v) is 1.47. The zero-order valence-corrected chi connectivity index (χ0v) is 8.66. The molecule has 1 unspecified atom stereocenters. The highest BCUT2D eigenvalue weighted by atomic mass is 16.5. The maximum atomic E-state index is 9.35. The van der Waals surface area contributed by atoms with Gasteiger partial charge in [0, 0.05) is 7.11 Å². The van der Waals surface area contributed by atoms with E-state index in [1.54, 1.807) is 25.3 Å². The lowest BCUT2D eigenvalue weighted by molar-refractivity contribution is -0.00354. The molecule has 0 aliphatic rings. The van der Waals surface area contributed by atoms with E-state index in [0.717, 1.165) is 12.0 Å². The van der Waals surface area contributed by atoms with Crippen LogP contribution in [0.2, 0.25) is 0 Å². The summed E-state index contributed by atoms with van der Waals surface area (Å²) in [5.74, 6) is 0.253. The van der Waals surface area contributed by atoms with Crippen molar-refractivity contribution in [2.45, 2.75) is 18.9 Å². The van der Waals surface area contributed by atoms with Gasteiger partial charge in [0.1, 0.15) is 5.75 Å². The second kappa shape index (κ2) is 4.44. The third-order valence-electron chi connectivity index (χ3n) is 2.53. The smallest absolute Gasteiger partial charge is 0.115 e. The third kappa shape index (κ3) is 2.25. The summed E-state index contributed by atoms with van der Waals surface area (Å²) in [6.07, 6.45) is 0.729. The molecule has 0 amide bonds. The molecule has 0 radical (unpaired) electrons. The molecule has 0 saturated carbocycles. The lowest BCUT2D eigenvalue weighted by atomic mass is 9.92. The highest BCUT2D eigenvalue weighted by Gasteiger charge is 2.25. The molecule has 1 aromatic rings. The van der Waals surface area contributed by atoms with Crippen LogP contribution in [0, 0.1) is 0 Å². The molecular weight excluding hydrogens is 178 g/mol. The van der Waals surface area contributed by atoms with E-state index in [1.165, 1.54) is 0 Å². The monoisotopic (exact) mass is 195 g/mol. The molecule has 14 heavy (non-hydrogen) atoms. The Labute approximate surface area is 84.5 Å². The summed E-state index contributed by atoms with van der Waals surface area (Å²) in [6.45, 7) is 2.52. The Morgan fingerprint density at radius 3 is 2.71 bits per heavy atom. The Bertz CT molecular complexity index is 301. The quantitative estimate of drug-likeness (QED) is 0.767. The summed E-state index contributed by atoms with van der Waals surface area (Å²) < 4.78 is 5.43. The van der Waals surface area contributed by atoms with Crippen molar-refractivity contribution in [1.82, 2.24) is 0 Å². The molecule has 78 valence electrons. The molecule has 0 aliphatic heterocycles. The van der Waals surface area contributed by atoms with Crippen LogP contribution < -0.4 is 5.73 Å². The molecule has 0 fully saturated rings. The Hall–Kier alpha value is -1.06. The predicted octanol–water partition coefficient (Wildman–Crippen LogP) is 1.60. The molecule has 1 aromatic carbocycles. The Kier molecular flexibility index (Phi) is 3.49. The van der Waals surface area contributed by atoms with Crippen molar-refractivity contribution in [2.24, 2.45) is 5.73 Å². The van der Waals surface area contributed by atoms with Crippen molar-refractivity contribution in [3.8, 4) is 5.75 Å². The first-order chi connectivity index (χ1) is 6.62. The highest BCUT2D eigenvalue weighted by Crippen LogP contribution is 2.29. The summed E-state index contributed by atoms with van der Waals surface area (Å²) in [5.41, 5.74) is 6.06. The maximum absolute atomic E-state index is 9.35. The average Bonchev–Trinajstić information content (AvgIpc) is 2.18. The summed E-state index contributed by atoms with van der Waals surface area (Å²) in [6, 6.07) is 7.08. The molecule has 1 rings (SSSR count).